The van der Waals surface area contributed by atoms with E-state index in [0.29, 0.717) is 18.1 Å². The zero-order valence-corrected chi connectivity index (χ0v) is 6.24. The maximum absolute atomic E-state index is 8.80. The summed E-state index contributed by atoms with van der Waals surface area (Å²) in [6, 6.07) is 0. The molecule has 0 aliphatic heterocycles. The minimum absolute atomic E-state index is 0.459. The summed E-state index contributed by atoms with van der Waals surface area (Å²) in [7, 11) is 0. The van der Waals surface area contributed by atoms with E-state index in [4.69, 9.17) is 23.1 Å². The number of hydrogen-bond donors (Lipinski definition) is 3. The molecule has 0 bridgehead atoms. The number of nitrogens with one attached hydrogen (secondary N) is 1. The van der Waals surface area contributed by atoms with Crippen LogP contribution in [0.4, 0.5) is 0 Å². The van der Waals surface area contributed by atoms with Crippen molar-refractivity contribution in [3.05, 3.63) is 0 Å². The fourth-order valence-electron chi connectivity index (χ4n) is 0.343. The van der Waals surface area contributed by atoms with Gasteiger partial charge in [0.2, 0.25) is 0 Å². The molecule has 0 aromatic carbocycles. The highest BCUT2D eigenvalue weighted by molar-refractivity contribution is 7.80. The van der Waals surface area contributed by atoms with Crippen molar-refractivity contribution in [2.24, 2.45) is 5.73 Å². The molecular formula is C5H12N2OS. The van der Waals surface area contributed by atoms with Gasteiger partial charge in [0.25, 0.3) is 0 Å². The number of aliphatic hydroxyl groups excluding tert-OH is 1. The lowest BCUT2D eigenvalue weighted by atomic mass is 10.4. The summed E-state index contributed by atoms with van der Waals surface area (Å²) in [6.07, 6.45) is -0.563. The number of thiocarbonyl (C=S) groups is 1. The summed E-state index contributed by atoms with van der Waals surface area (Å²) < 4.78 is 0. The first-order chi connectivity index (χ1) is 4.18. The highest BCUT2D eigenvalue weighted by atomic mass is 32.1. The zero-order valence-electron chi connectivity index (χ0n) is 5.42. The van der Waals surface area contributed by atoms with Crippen molar-refractivity contribution in [3.63, 3.8) is 0 Å². The van der Waals surface area contributed by atoms with E-state index < -0.39 is 6.10 Å². The van der Waals surface area contributed by atoms with Crippen LogP contribution < -0.4 is 11.1 Å². The van der Waals surface area contributed by atoms with E-state index in [1.807, 2.05) is 0 Å². The van der Waals surface area contributed by atoms with Gasteiger partial charge in [-0.3, -0.25) is 0 Å². The highest BCUT2D eigenvalue weighted by Gasteiger charge is 2.00. The van der Waals surface area contributed by atoms with E-state index in [1.165, 1.54) is 0 Å². The van der Waals surface area contributed by atoms with Gasteiger partial charge in [-0.25, -0.2) is 0 Å². The topological polar surface area (TPSA) is 58.3 Å². The minimum atomic E-state index is -0.563. The highest BCUT2D eigenvalue weighted by Crippen LogP contribution is 1.80. The first-order valence-electron chi connectivity index (χ1n) is 2.84. The van der Waals surface area contributed by atoms with Gasteiger partial charge in [0.1, 0.15) is 11.1 Å². The summed E-state index contributed by atoms with van der Waals surface area (Å²) in [6.45, 7) is 2.78. The van der Waals surface area contributed by atoms with Crippen molar-refractivity contribution in [2.45, 2.75) is 13.0 Å². The van der Waals surface area contributed by atoms with E-state index in [2.05, 4.69) is 5.32 Å². The molecule has 1 atom stereocenters. The van der Waals surface area contributed by atoms with Gasteiger partial charge in [0.05, 0.1) is 0 Å². The maximum Gasteiger partial charge on any atom is 0.104 e. The Morgan fingerprint density at radius 1 is 1.89 bits per heavy atom. The molecule has 4 heteroatoms. The maximum atomic E-state index is 8.80. The second-order valence-electron chi connectivity index (χ2n) is 1.76. The quantitative estimate of drug-likeness (QED) is 0.461. The predicted octanol–water partition coefficient (Wildman–Crippen LogP) is -0.757. The van der Waals surface area contributed by atoms with E-state index in [9.17, 15) is 0 Å². The van der Waals surface area contributed by atoms with Crippen LogP contribution in [0.3, 0.4) is 0 Å². The standard InChI is InChI=1S/C5H12N2OS/c1-4(8)5(9)7-3-2-6/h4,8H,2-3,6H2,1H3,(H,7,9). The number of nitrogens with two attached hydrogens (primary N) is 1. The number of aliphatic hydroxyl groups is 1. The van der Waals surface area contributed by atoms with Gasteiger partial charge in [-0.1, -0.05) is 12.2 Å². The largest absolute Gasteiger partial charge is 0.386 e. The van der Waals surface area contributed by atoms with Gasteiger partial charge < -0.3 is 16.2 Å². The Morgan fingerprint density at radius 2 is 2.44 bits per heavy atom. The number of rotatable bonds is 3. The molecule has 9 heavy (non-hydrogen) atoms. The van der Waals surface area contributed by atoms with Gasteiger partial charge in [-0.05, 0) is 6.92 Å². The third-order valence-corrected chi connectivity index (χ3v) is 1.31. The average molecular weight is 148 g/mol. The predicted molar refractivity (Wildman–Crippen MR) is 41.3 cm³/mol. The van der Waals surface area contributed by atoms with Crippen LogP contribution in [-0.2, 0) is 0 Å². The molecule has 54 valence electrons. The van der Waals surface area contributed by atoms with Crippen molar-refractivity contribution < 1.29 is 5.11 Å². The van der Waals surface area contributed by atoms with Crippen LogP contribution in [-0.4, -0.2) is 29.3 Å². The van der Waals surface area contributed by atoms with Crippen LogP contribution >= 0.6 is 12.2 Å². The van der Waals surface area contributed by atoms with Crippen LogP contribution in [0.5, 0.6) is 0 Å². The Kier molecular flexibility index (Phi) is 4.57. The van der Waals surface area contributed by atoms with Gasteiger partial charge in [-0.2, -0.15) is 0 Å². The molecule has 0 heterocycles. The summed E-state index contributed by atoms with van der Waals surface area (Å²) in [5.41, 5.74) is 5.17. The Labute approximate surface area is 60.2 Å². The Bertz CT molecular complexity index is 95.0. The summed E-state index contributed by atoms with van der Waals surface area (Å²) >= 11 is 4.73. The van der Waals surface area contributed by atoms with Crippen LogP contribution in [0.15, 0.2) is 0 Å². The lowest BCUT2D eigenvalue weighted by molar-refractivity contribution is 0.260. The molecule has 0 saturated carbocycles. The Morgan fingerprint density at radius 3 is 2.78 bits per heavy atom. The van der Waals surface area contributed by atoms with Crippen molar-refractivity contribution >= 4 is 17.2 Å². The van der Waals surface area contributed by atoms with E-state index in [-0.39, 0.29) is 0 Å². The summed E-state index contributed by atoms with van der Waals surface area (Å²) in [5.74, 6) is 0. The molecule has 0 radical (unpaired) electrons. The molecule has 0 aliphatic carbocycles. The minimum Gasteiger partial charge on any atom is -0.386 e. The molecule has 0 amide bonds. The summed E-state index contributed by atoms with van der Waals surface area (Å²) in [5, 5.41) is 11.6. The molecule has 0 aromatic rings. The molecule has 3 nitrogen and oxygen atoms in total. The van der Waals surface area contributed by atoms with Crippen molar-refractivity contribution in [1.82, 2.24) is 5.32 Å². The second-order valence-corrected chi connectivity index (χ2v) is 2.20. The first kappa shape index (κ1) is 8.81. The molecule has 0 fully saturated rings. The van der Waals surface area contributed by atoms with Gasteiger partial charge in [0, 0.05) is 13.1 Å². The SMILES string of the molecule is CC(O)C(=S)NCCN. The third-order valence-electron chi connectivity index (χ3n) is 0.823. The zero-order chi connectivity index (χ0) is 7.28. The van der Waals surface area contributed by atoms with Crippen LogP contribution in [0.2, 0.25) is 0 Å². The normalized spacial score (nSPS) is 12.8. The molecular weight excluding hydrogens is 136 g/mol. The Hall–Kier alpha value is -0.190. The van der Waals surface area contributed by atoms with Gasteiger partial charge in [0.15, 0.2) is 0 Å². The fourth-order valence-corrected chi connectivity index (χ4v) is 0.445. The molecule has 0 aromatic heterocycles. The van der Waals surface area contributed by atoms with Crippen LogP contribution in [0.25, 0.3) is 0 Å². The lowest BCUT2D eigenvalue weighted by Gasteiger charge is -2.07. The van der Waals surface area contributed by atoms with Gasteiger partial charge in [-0.15, -0.1) is 0 Å². The lowest BCUT2D eigenvalue weighted by Crippen LogP contribution is -2.34. The smallest absolute Gasteiger partial charge is 0.104 e. The molecule has 0 rings (SSSR count). The van der Waals surface area contributed by atoms with Gasteiger partial charge >= 0.3 is 0 Å². The molecule has 1 unspecified atom stereocenters. The summed E-state index contributed by atoms with van der Waals surface area (Å²) in [4.78, 5) is 0.459. The fraction of sp³-hybridized carbons (Fsp3) is 0.800. The third kappa shape index (κ3) is 4.32. The monoisotopic (exact) mass is 148 g/mol. The number of hydrogen-bond acceptors (Lipinski definition) is 3. The van der Waals surface area contributed by atoms with Crippen LogP contribution in [0, 0.1) is 0 Å². The average Bonchev–Trinajstić information content (AvgIpc) is 1.82. The van der Waals surface area contributed by atoms with Crippen LogP contribution in [0.1, 0.15) is 6.92 Å². The van der Waals surface area contributed by atoms with E-state index in [0.717, 1.165) is 0 Å². The molecule has 0 spiro atoms. The molecule has 0 aliphatic rings. The van der Waals surface area contributed by atoms with Crippen molar-refractivity contribution in [1.29, 1.82) is 0 Å². The van der Waals surface area contributed by atoms with E-state index >= 15 is 0 Å². The first-order valence-corrected chi connectivity index (χ1v) is 3.25. The molecule has 0 saturated heterocycles. The Balaban J connectivity index is 3.28. The second kappa shape index (κ2) is 4.67. The van der Waals surface area contributed by atoms with Crippen molar-refractivity contribution in [3.8, 4) is 0 Å². The van der Waals surface area contributed by atoms with E-state index in [1.54, 1.807) is 6.92 Å². The van der Waals surface area contributed by atoms with Crippen molar-refractivity contribution in [2.75, 3.05) is 13.1 Å². The molecule has 4 N–H and O–H groups in total.